The lowest BCUT2D eigenvalue weighted by atomic mass is 10.2. The maximum absolute atomic E-state index is 9.26. The van der Waals surface area contributed by atoms with Gasteiger partial charge in [0.1, 0.15) is 0 Å². The Bertz CT molecular complexity index is 359. The van der Waals surface area contributed by atoms with Crippen LogP contribution in [0.1, 0.15) is 20.8 Å². The van der Waals surface area contributed by atoms with Gasteiger partial charge >= 0.3 is 0 Å². The van der Waals surface area contributed by atoms with Crippen molar-refractivity contribution in [3.63, 3.8) is 0 Å². The Hall–Kier alpha value is -1.01. The number of aliphatic hydroxyl groups is 1. The molecule has 1 rings (SSSR count). The number of aliphatic hydroxyl groups excluding tert-OH is 1. The first kappa shape index (κ1) is 15.0. The van der Waals surface area contributed by atoms with Crippen LogP contribution >= 0.6 is 11.8 Å². The monoisotopic (exact) mass is 271 g/mol. The van der Waals surface area contributed by atoms with E-state index in [1.807, 2.05) is 27.0 Å². The molecule has 0 saturated heterocycles. The maximum Gasteiger partial charge on any atom is 0.257 e. The summed E-state index contributed by atoms with van der Waals surface area (Å²) in [6, 6.07) is 0.0798. The summed E-state index contributed by atoms with van der Waals surface area (Å²) in [5, 5.41) is 12.6. The van der Waals surface area contributed by atoms with Gasteiger partial charge in [0.25, 0.3) is 5.88 Å². The van der Waals surface area contributed by atoms with E-state index in [2.05, 4.69) is 15.3 Å². The molecule has 0 aromatic carbocycles. The number of nitrogens with zero attached hydrogens (tertiary/aromatic N) is 2. The van der Waals surface area contributed by atoms with Crippen LogP contribution in [0.5, 0.6) is 5.88 Å². The zero-order chi connectivity index (χ0) is 13.5. The molecule has 0 aliphatic rings. The molecule has 6 heteroatoms. The van der Waals surface area contributed by atoms with E-state index < -0.39 is 0 Å². The summed E-state index contributed by atoms with van der Waals surface area (Å²) < 4.78 is 5.59. The van der Waals surface area contributed by atoms with Gasteiger partial charge in [-0.1, -0.05) is 0 Å². The third-order valence-corrected chi connectivity index (χ3v) is 3.58. The average molecular weight is 271 g/mol. The minimum absolute atomic E-state index is 0.0479. The fourth-order valence-electron chi connectivity index (χ4n) is 1.48. The van der Waals surface area contributed by atoms with Gasteiger partial charge in [0, 0.05) is 23.7 Å². The van der Waals surface area contributed by atoms with E-state index >= 15 is 0 Å². The van der Waals surface area contributed by atoms with E-state index in [1.54, 1.807) is 24.2 Å². The lowest BCUT2D eigenvalue weighted by Crippen LogP contribution is -2.31. The molecule has 2 unspecified atom stereocenters. The smallest absolute Gasteiger partial charge is 0.257 e. The zero-order valence-electron chi connectivity index (χ0n) is 11.3. The van der Waals surface area contributed by atoms with Crippen LogP contribution in [-0.2, 0) is 0 Å². The molecule has 2 N–H and O–H groups in total. The van der Waals surface area contributed by atoms with Gasteiger partial charge in [-0.15, -0.1) is 0 Å². The van der Waals surface area contributed by atoms with Crippen molar-refractivity contribution in [1.82, 2.24) is 9.97 Å². The Morgan fingerprint density at radius 3 is 2.56 bits per heavy atom. The summed E-state index contributed by atoms with van der Waals surface area (Å²) >= 11 is 1.62. The van der Waals surface area contributed by atoms with Gasteiger partial charge in [0.05, 0.1) is 12.7 Å². The molecule has 1 heterocycles. The summed E-state index contributed by atoms with van der Waals surface area (Å²) in [6.07, 6.45) is 5.24. The van der Waals surface area contributed by atoms with Crippen molar-refractivity contribution >= 4 is 17.6 Å². The van der Waals surface area contributed by atoms with Crippen molar-refractivity contribution in [2.75, 3.05) is 18.2 Å². The number of rotatable bonds is 7. The highest BCUT2D eigenvalue weighted by atomic mass is 32.2. The molecular formula is C12H21N3O2S. The van der Waals surface area contributed by atoms with Crippen LogP contribution < -0.4 is 10.1 Å². The number of anilines is 1. The number of hydrogen-bond donors (Lipinski definition) is 2. The average Bonchev–Trinajstić information content (AvgIpc) is 2.32. The topological polar surface area (TPSA) is 67.3 Å². The summed E-state index contributed by atoms with van der Waals surface area (Å²) in [6.45, 7) is 6.02. The molecule has 0 fully saturated rings. The summed E-state index contributed by atoms with van der Waals surface area (Å²) in [5.41, 5.74) is 0. The fraction of sp³-hybridized carbons (Fsp3) is 0.667. The maximum atomic E-state index is 9.26. The molecule has 0 bridgehead atoms. The normalized spacial score (nSPS) is 14.3. The second-order valence-electron chi connectivity index (χ2n) is 4.27. The van der Waals surface area contributed by atoms with Crippen molar-refractivity contribution < 1.29 is 9.84 Å². The molecule has 18 heavy (non-hydrogen) atoms. The van der Waals surface area contributed by atoms with Gasteiger partial charge in [-0.2, -0.15) is 11.8 Å². The van der Waals surface area contributed by atoms with Gasteiger partial charge in [-0.3, -0.25) is 0 Å². The fourth-order valence-corrected chi connectivity index (χ4v) is 2.10. The first-order chi connectivity index (χ1) is 8.58. The SMILES string of the molecule is CSC(CO)C(C)Nc1nccnc1OC(C)C. The highest BCUT2D eigenvalue weighted by Gasteiger charge is 2.18. The van der Waals surface area contributed by atoms with Crippen LogP contribution in [0.15, 0.2) is 12.4 Å². The Kier molecular flexibility index (Phi) is 6.21. The molecule has 0 aliphatic heterocycles. The lowest BCUT2D eigenvalue weighted by molar-refractivity contribution is 0.232. The standard InChI is InChI=1S/C12H21N3O2S/c1-8(2)17-12-11(13-5-6-14-12)15-9(3)10(7-16)18-4/h5-6,8-10,16H,7H2,1-4H3,(H,13,15). The second kappa shape index (κ2) is 7.43. The Labute approximate surface area is 112 Å². The first-order valence-electron chi connectivity index (χ1n) is 5.96. The number of nitrogens with one attached hydrogen (secondary N) is 1. The Morgan fingerprint density at radius 1 is 1.33 bits per heavy atom. The van der Waals surface area contributed by atoms with Gasteiger partial charge in [0.2, 0.25) is 0 Å². The third-order valence-electron chi connectivity index (χ3n) is 2.42. The first-order valence-corrected chi connectivity index (χ1v) is 7.25. The van der Waals surface area contributed by atoms with E-state index in [9.17, 15) is 5.11 Å². The van der Waals surface area contributed by atoms with Crippen LogP contribution in [-0.4, -0.2) is 45.3 Å². The van der Waals surface area contributed by atoms with Gasteiger partial charge < -0.3 is 15.2 Å². The van der Waals surface area contributed by atoms with Crippen molar-refractivity contribution in [3.05, 3.63) is 12.4 Å². The molecule has 1 aromatic heterocycles. The summed E-state index contributed by atoms with van der Waals surface area (Å²) in [5.74, 6) is 1.11. The molecule has 5 nitrogen and oxygen atoms in total. The predicted octanol–water partition coefficient (Wildman–Crippen LogP) is 1.79. The molecule has 0 spiro atoms. The van der Waals surface area contributed by atoms with E-state index in [0.717, 1.165) is 0 Å². The van der Waals surface area contributed by atoms with Crippen LogP contribution in [0.25, 0.3) is 0 Å². The Balaban J connectivity index is 2.77. The number of hydrogen-bond acceptors (Lipinski definition) is 6. The van der Waals surface area contributed by atoms with E-state index in [4.69, 9.17) is 4.74 Å². The van der Waals surface area contributed by atoms with Crippen LogP contribution in [0.4, 0.5) is 5.82 Å². The van der Waals surface area contributed by atoms with E-state index in [1.165, 1.54) is 0 Å². The molecule has 1 aromatic rings. The van der Waals surface area contributed by atoms with Gasteiger partial charge in [-0.25, -0.2) is 9.97 Å². The van der Waals surface area contributed by atoms with Crippen LogP contribution in [0.2, 0.25) is 0 Å². The number of thioether (sulfide) groups is 1. The largest absolute Gasteiger partial charge is 0.472 e. The number of aromatic nitrogens is 2. The molecule has 0 saturated carbocycles. The minimum Gasteiger partial charge on any atom is -0.472 e. The van der Waals surface area contributed by atoms with E-state index in [0.29, 0.717) is 11.7 Å². The van der Waals surface area contributed by atoms with Gasteiger partial charge in [-0.05, 0) is 27.0 Å². The highest BCUT2D eigenvalue weighted by molar-refractivity contribution is 7.99. The predicted molar refractivity (Wildman–Crippen MR) is 75.3 cm³/mol. The molecule has 102 valence electrons. The molecule has 0 aliphatic carbocycles. The molecule has 2 atom stereocenters. The van der Waals surface area contributed by atoms with E-state index in [-0.39, 0.29) is 24.0 Å². The van der Waals surface area contributed by atoms with Crippen molar-refractivity contribution in [3.8, 4) is 5.88 Å². The quantitative estimate of drug-likeness (QED) is 0.788. The van der Waals surface area contributed by atoms with Gasteiger partial charge in [0.15, 0.2) is 5.82 Å². The summed E-state index contributed by atoms with van der Waals surface area (Å²) in [4.78, 5) is 8.40. The molecule has 0 radical (unpaired) electrons. The number of ether oxygens (including phenoxy) is 1. The minimum atomic E-state index is 0.0479. The Morgan fingerprint density at radius 2 is 2.00 bits per heavy atom. The highest BCUT2D eigenvalue weighted by Crippen LogP contribution is 2.22. The zero-order valence-corrected chi connectivity index (χ0v) is 12.1. The van der Waals surface area contributed by atoms with Crippen LogP contribution in [0, 0.1) is 0 Å². The summed E-state index contributed by atoms with van der Waals surface area (Å²) in [7, 11) is 0. The third kappa shape index (κ3) is 4.34. The van der Waals surface area contributed by atoms with Crippen molar-refractivity contribution in [1.29, 1.82) is 0 Å². The van der Waals surface area contributed by atoms with Crippen molar-refractivity contribution in [2.24, 2.45) is 0 Å². The van der Waals surface area contributed by atoms with Crippen LogP contribution in [0.3, 0.4) is 0 Å². The molecule has 0 amide bonds. The molecular weight excluding hydrogens is 250 g/mol. The lowest BCUT2D eigenvalue weighted by Gasteiger charge is -2.22. The second-order valence-corrected chi connectivity index (χ2v) is 5.34. The van der Waals surface area contributed by atoms with Crippen molar-refractivity contribution in [2.45, 2.75) is 38.2 Å².